The first-order valence-electron chi connectivity index (χ1n) is 12.7. The summed E-state index contributed by atoms with van der Waals surface area (Å²) in [5.41, 5.74) is 2.00. The minimum absolute atomic E-state index is 0. The quantitative estimate of drug-likeness (QED) is 0.367. The van der Waals surface area contributed by atoms with Crippen molar-refractivity contribution in [3.8, 4) is 11.6 Å². The molecule has 196 valence electrons. The standard InChI is InChI=1S/C27H37N5O3.ClH/c1-6-21(7-2)35-25-12-11-24-29-31(26(28)32(24)30-25)16-23(33)19-13-20(27(3,4)5)15-22(14-19)34-17-18-9-8-10-18;/h11-15,18,21,28H,6-10,16-17H2,1-5H3;1H. The van der Waals surface area contributed by atoms with Crippen molar-refractivity contribution < 1.29 is 14.3 Å². The van der Waals surface area contributed by atoms with Crippen LogP contribution in [0.3, 0.4) is 0 Å². The van der Waals surface area contributed by atoms with E-state index < -0.39 is 0 Å². The summed E-state index contributed by atoms with van der Waals surface area (Å²) in [5.74, 6) is 1.66. The monoisotopic (exact) mass is 515 g/mol. The number of benzene rings is 1. The Kier molecular flexibility index (Phi) is 8.82. The Bertz CT molecular complexity index is 1250. The van der Waals surface area contributed by atoms with E-state index in [1.165, 1.54) is 28.5 Å². The van der Waals surface area contributed by atoms with E-state index in [9.17, 15) is 4.79 Å². The molecule has 1 aliphatic rings. The number of hydrogen-bond acceptors (Lipinski definition) is 6. The number of Topliss-reactive ketones (excluding diaryl/α,β-unsaturated/α-hetero) is 1. The molecule has 3 aromatic rings. The second-order valence-electron chi connectivity index (χ2n) is 10.5. The van der Waals surface area contributed by atoms with Gasteiger partial charge in [0.15, 0.2) is 11.4 Å². The number of halogens is 1. The average Bonchev–Trinajstić information content (AvgIpc) is 3.10. The van der Waals surface area contributed by atoms with Crippen LogP contribution in [0.1, 0.15) is 82.6 Å². The van der Waals surface area contributed by atoms with Crippen LogP contribution in [0.15, 0.2) is 30.3 Å². The van der Waals surface area contributed by atoms with Gasteiger partial charge in [0.25, 0.3) is 0 Å². The average molecular weight is 516 g/mol. The van der Waals surface area contributed by atoms with Crippen molar-refractivity contribution >= 4 is 23.8 Å². The van der Waals surface area contributed by atoms with Crippen LogP contribution in [0.4, 0.5) is 0 Å². The van der Waals surface area contributed by atoms with Crippen molar-refractivity contribution in [2.75, 3.05) is 6.61 Å². The third-order valence-corrected chi connectivity index (χ3v) is 6.76. The van der Waals surface area contributed by atoms with Crippen LogP contribution in [0.5, 0.6) is 11.6 Å². The Hall–Kier alpha value is -2.87. The Morgan fingerprint density at radius 3 is 2.47 bits per heavy atom. The maximum Gasteiger partial charge on any atom is 0.242 e. The topological polar surface area (TPSA) is 94.5 Å². The molecule has 1 N–H and O–H groups in total. The fourth-order valence-corrected chi connectivity index (χ4v) is 4.09. The van der Waals surface area contributed by atoms with Crippen molar-refractivity contribution in [2.45, 2.75) is 84.8 Å². The molecule has 0 unspecified atom stereocenters. The van der Waals surface area contributed by atoms with Crippen LogP contribution in [-0.4, -0.2) is 37.9 Å². The molecule has 1 fully saturated rings. The minimum Gasteiger partial charge on any atom is -0.493 e. The van der Waals surface area contributed by atoms with Crippen molar-refractivity contribution in [1.29, 1.82) is 5.41 Å². The molecule has 1 aliphatic carbocycles. The molecule has 0 aliphatic heterocycles. The van der Waals surface area contributed by atoms with Crippen molar-refractivity contribution in [1.82, 2.24) is 19.4 Å². The van der Waals surface area contributed by atoms with Gasteiger partial charge in [-0.05, 0) is 66.8 Å². The molecule has 8 nitrogen and oxygen atoms in total. The van der Waals surface area contributed by atoms with E-state index in [4.69, 9.17) is 14.9 Å². The zero-order chi connectivity index (χ0) is 25.2. The van der Waals surface area contributed by atoms with Gasteiger partial charge in [0, 0.05) is 11.6 Å². The number of carbonyl (C=O) groups excluding carboxylic acids is 1. The molecule has 0 bridgehead atoms. The second kappa shape index (κ2) is 11.5. The highest BCUT2D eigenvalue weighted by atomic mass is 35.5. The Morgan fingerprint density at radius 2 is 1.86 bits per heavy atom. The van der Waals surface area contributed by atoms with E-state index in [2.05, 4.69) is 44.8 Å². The SMILES string of the molecule is CCC(CC)Oc1ccc2nn(CC(=O)c3cc(OCC4CCC4)cc(C(C)(C)C)c3)c(=N)n2n1.Cl. The van der Waals surface area contributed by atoms with Gasteiger partial charge in [0.2, 0.25) is 11.5 Å². The molecular weight excluding hydrogens is 478 g/mol. The number of ether oxygens (including phenoxy) is 2. The lowest BCUT2D eigenvalue weighted by molar-refractivity contribution is 0.0964. The molecule has 1 aromatic carbocycles. The number of fused-ring (bicyclic) bond motifs is 1. The van der Waals surface area contributed by atoms with Gasteiger partial charge < -0.3 is 9.47 Å². The summed E-state index contributed by atoms with van der Waals surface area (Å²) in [5, 5.41) is 17.4. The molecule has 0 spiro atoms. The highest BCUT2D eigenvalue weighted by Crippen LogP contribution is 2.31. The van der Waals surface area contributed by atoms with Gasteiger partial charge >= 0.3 is 0 Å². The Balaban J connectivity index is 0.00000361. The molecule has 9 heteroatoms. The normalized spacial score (nSPS) is 13.9. The molecule has 2 heterocycles. The van der Waals surface area contributed by atoms with Gasteiger partial charge in [-0.3, -0.25) is 10.2 Å². The van der Waals surface area contributed by atoms with Crippen LogP contribution in [0.2, 0.25) is 0 Å². The number of rotatable bonds is 10. The lowest BCUT2D eigenvalue weighted by atomic mass is 9.85. The zero-order valence-corrected chi connectivity index (χ0v) is 22.7. The van der Waals surface area contributed by atoms with Gasteiger partial charge in [-0.15, -0.1) is 22.6 Å². The van der Waals surface area contributed by atoms with Crippen molar-refractivity contribution in [2.24, 2.45) is 5.92 Å². The molecule has 0 amide bonds. The first kappa shape index (κ1) is 27.7. The Morgan fingerprint density at radius 1 is 1.14 bits per heavy atom. The third kappa shape index (κ3) is 6.27. The summed E-state index contributed by atoms with van der Waals surface area (Å²) >= 11 is 0. The van der Waals surface area contributed by atoms with Crippen molar-refractivity contribution in [3.05, 3.63) is 47.1 Å². The van der Waals surface area contributed by atoms with Crippen LogP contribution in [0, 0.1) is 11.3 Å². The van der Waals surface area contributed by atoms with Gasteiger partial charge in [0.1, 0.15) is 12.3 Å². The summed E-state index contributed by atoms with van der Waals surface area (Å²) < 4.78 is 14.8. The predicted octanol–water partition coefficient (Wildman–Crippen LogP) is 5.36. The molecule has 4 rings (SSSR count). The number of ketones is 1. The molecule has 0 atom stereocenters. The highest BCUT2D eigenvalue weighted by molar-refractivity contribution is 5.96. The van der Waals surface area contributed by atoms with E-state index in [1.807, 2.05) is 18.2 Å². The molecule has 2 aromatic heterocycles. The molecular formula is C27H38ClN5O3. The van der Waals surface area contributed by atoms with E-state index in [1.54, 1.807) is 12.1 Å². The van der Waals surface area contributed by atoms with Crippen LogP contribution < -0.4 is 15.1 Å². The van der Waals surface area contributed by atoms with Crippen molar-refractivity contribution in [3.63, 3.8) is 0 Å². The fraction of sp³-hybridized carbons (Fsp3) is 0.556. The van der Waals surface area contributed by atoms with Gasteiger partial charge in [0.05, 0.1) is 12.7 Å². The zero-order valence-electron chi connectivity index (χ0n) is 21.9. The van der Waals surface area contributed by atoms with Gasteiger partial charge in [-0.1, -0.05) is 41.0 Å². The number of aromatic nitrogens is 4. The summed E-state index contributed by atoms with van der Waals surface area (Å²) in [6.45, 7) is 11.1. The maximum absolute atomic E-state index is 13.3. The molecule has 0 radical (unpaired) electrons. The first-order valence-corrected chi connectivity index (χ1v) is 12.7. The molecule has 0 saturated heterocycles. The molecule has 1 saturated carbocycles. The number of nitrogens with zero attached hydrogens (tertiary/aromatic N) is 4. The lowest BCUT2D eigenvalue weighted by Crippen LogP contribution is -2.27. The fourth-order valence-electron chi connectivity index (χ4n) is 4.09. The van der Waals surface area contributed by atoms with E-state index in [0.717, 1.165) is 24.2 Å². The largest absolute Gasteiger partial charge is 0.493 e. The van der Waals surface area contributed by atoms with E-state index in [0.29, 0.717) is 29.6 Å². The summed E-state index contributed by atoms with van der Waals surface area (Å²) in [6.07, 6.45) is 5.51. The van der Waals surface area contributed by atoms with Crippen LogP contribution in [-0.2, 0) is 12.0 Å². The highest BCUT2D eigenvalue weighted by Gasteiger charge is 2.22. The minimum atomic E-state index is -0.128. The second-order valence-corrected chi connectivity index (χ2v) is 10.5. The van der Waals surface area contributed by atoms with E-state index in [-0.39, 0.29) is 41.9 Å². The maximum atomic E-state index is 13.3. The number of nitrogens with one attached hydrogen (secondary N) is 1. The van der Waals surface area contributed by atoms with E-state index >= 15 is 0 Å². The lowest BCUT2D eigenvalue weighted by Gasteiger charge is -2.26. The van der Waals surface area contributed by atoms with Gasteiger partial charge in [-0.25, -0.2) is 4.68 Å². The number of hydrogen-bond donors (Lipinski definition) is 1. The smallest absolute Gasteiger partial charge is 0.242 e. The summed E-state index contributed by atoms with van der Waals surface area (Å²) in [4.78, 5) is 13.3. The Labute approximate surface area is 218 Å². The van der Waals surface area contributed by atoms with Crippen LogP contribution >= 0.6 is 12.4 Å². The number of carbonyl (C=O) groups is 1. The van der Waals surface area contributed by atoms with Crippen LogP contribution in [0.25, 0.3) is 5.65 Å². The third-order valence-electron chi connectivity index (χ3n) is 6.76. The first-order chi connectivity index (χ1) is 16.7. The molecule has 36 heavy (non-hydrogen) atoms. The summed E-state index contributed by atoms with van der Waals surface area (Å²) in [7, 11) is 0. The predicted molar refractivity (Wildman–Crippen MR) is 141 cm³/mol. The summed E-state index contributed by atoms with van der Waals surface area (Å²) in [6, 6.07) is 9.30. The van der Waals surface area contributed by atoms with Gasteiger partial charge in [-0.2, -0.15) is 4.52 Å².